The van der Waals surface area contributed by atoms with Crippen molar-refractivity contribution in [3.8, 4) is 5.69 Å². The van der Waals surface area contributed by atoms with Crippen molar-refractivity contribution in [2.75, 3.05) is 0 Å². The minimum absolute atomic E-state index is 0.0522. The van der Waals surface area contributed by atoms with E-state index in [1.54, 1.807) is 24.3 Å². The molecule has 0 aliphatic heterocycles. The molecular weight excluding hydrogens is 360 g/mol. The van der Waals surface area contributed by atoms with Crippen LogP contribution in [0.4, 0.5) is 5.69 Å². The van der Waals surface area contributed by atoms with Crippen molar-refractivity contribution in [1.29, 1.82) is 0 Å². The molecule has 0 fully saturated rings. The zero-order valence-electron chi connectivity index (χ0n) is 13.6. The molecule has 0 atom stereocenters. The van der Waals surface area contributed by atoms with E-state index in [1.165, 1.54) is 29.8 Å². The van der Waals surface area contributed by atoms with Crippen LogP contribution in [-0.4, -0.2) is 31.0 Å². The lowest BCUT2D eigenvalue weighted by Crippen LogP contribution is -2.25. The molecular formula is C16H13ClN6O3. The number of carbonyl (C=O) groups excluding carboxylic acids is 1. The Morgan fingerprint density at radius 1 is 1.27 bits per heavy atom. The molecule has 0 saturated carbocycles. The Balaban J connectivity index is 1.78. The molecule has 0 radical (unpaired) electrons. The highest BCUT2D eigenvalue weighted by atomic mass is 35.5. The summed E-state index contributed by atoms with van der Waals surface area (Å²) >= 11 is 5.87. The van der Waals surface area contributed by atoms with Crippen LogP contribution in [0.1, 0.15) is 21.7 Å². The molecule has 1 N–H and O–H groups in total. The molecule has 26 heavy (non-hydrogen) atoms. The SMILES string of the molecule is Cc1c(C(=O)NCc2nnnn2-c2ccc(Cl)cc2)cccc1[N+](=O)[O-]. The molecule has 3 aromatic rings. The van der Waals surface area contributed by atoms with Crippen molar-refractivity contribution >= 4 is 23.2 Å². The van der Waals surface area contributed by atoms with Crippen LogP contribution >= 0.6 is 11.6 Å². The zero-order chi connectivity index (χ0) is 18.7. The van der Waals surface area contributed by atoms with Crippen LogP contribution in [0.5, 0.6) is 0 Å². The van der Waals surface area contributed by atoms with Crippen molar-refractivity contribution in [1.82, 2.24) is 25.5 Å². The van der Waals surface area contributed by atoms with E-state index in [9.17, 15) is 14.9 Å². The van der Waals surface area contributed by atoms with E-state index in [0.717, 1.165) is 0 Å². The topological polar surface area (TPSA) is 116 Å². The summed E-state index contributed by atoms with van der Waals surface area (Å²) in [6.07, 6.45) is 0. The van der Waals surface area contributed by atoms with Gasteiger partial charge >= 0.3 is 0 Å². The first kappa shape index (κ1) is 17.5. The first-order chi connectivity index (χ1) is 12.5. The number of amides is 1. The van der Waals surface area contributed by atoms with Crippen molar-refractivity contribution < 1.29 is 9.72 Å². The first-order valence-corrected chi connectivity index (χ1v) is 7.90. The second kappa shape index (κ2) is 7.28. The van der Waals surface area contributed by atoms with Gasteiger partial charge in [-0.25, -0.2) is 0 Å². The fourth-order valence-electron chi connectivity index (χ4n) is 2.42. The third-order valence-corrected chi connectivity index (χ3v) is 4.01. The largest absolute Gasteiger partial charge is 0.345 e. The van der Waals surface area contributed by atoms with Gasteiger partial charge in [0.1, 0.15) is 0 Å². The van der Waals surface area contributed by atoms with Crippen molar-refractivity contribution in [3.05, 3.63) is 74.6 Å². The molecule has 1 amide bonds. The highest BCUT2D eigenvalue weighted by Crippen LogP contribution is 2.21. The number of halogens is 1. The molecule has 0 bridgehead atoms. The van der Waals surface area contributed by atoms with Gasteiger partial charge in [0.2, 0.25) is 0 Å². The predicted octanol–water partition coefficient (Wildman–Crippen LogP) is 2.46. The quantitative estimate of drug-likeness (QED) is 0.543. The number of aromatic nitrogens is 4. The lowest BCUT2D eigenvalue weighted by molar-refractivity contribution is -0.385. The van der Waals surface area contributed by atoms with Crippen LogP contribution in [-0.2, 0) is 6.54 Å². The van der Waals surface area contributed by atoms with Gasteiger partial charge in [-0.15, -0.1) is 5.10 Å². The normalized spacial score (nSPS) is 10.5. The summed E-state index contributed by atoms with van der Waals surface area (Å²) in [5.74, 6) is -0.0411. The maximum atomic E-state index is 12.4. The van der Waals surface area contributed by atoms with E-state index < -0.39 is 10.8 Å². The van der Waals surface area contributed by atoms with E-state index >= 15 is 0 Å². The predicted molar refractivity (Wildman–Crippen MR) is 93.2 cm³/mol. The molecule has 0 unspecified atom stereocenters. The third kappa shape index (κ3) is 3.52. The Morgan fingerprint density at radius 3 is 2.69 bits per heavy atom. The van der Waals surface area contributed by atoms with E-state index in [4.69, 9.17) is 11.6 Å². The van der Waals surface area contributed by atoms with Crippen LogP contribution in [0.2, 0.25) is 5.02 Å². The number of hydrogen-bond donors (Lipinski definition) is 1. The van der Waals surface area contributed by atoms with Gasteiger partial charge in [0.15, 0.2) is 5.82 Å². The van der Waals surface area contributed by atoms with Crippen LogP contribution in [0, 0.1) is 17.0 Å². The van der Waals surface area contributed by atoms with E-state index in [0.29, 0.717) is 22.1 Å². The standard InChI is InChI=1S/C16H13ClN6O3/c1-10-13(3-2-4-14(10)23(25)26)16(24)18-9-15-19-20-21-22(15)12-7-5-11(17)6-8-12/h2-8H,9H2,1H3,(H,18,24). The Kier molecular flexibility index (Phi) is 4.90. The number of benzene rings is 2. The number of carbonyl (C=O) groups is 1. The van der Waals surface area contributed by atoms with Crippen LogP contribution in [0.25, 0.3) is 5.69 Å². The molecule has 10 heteroatoms. The molecule has 3 rings (SSSR count). The summed E-state index contributed by atoms with van der Waals surface area (Å²) < 4.78 is 1.47. The number of nitro benzene ring substituents is 1. The van der Waals surface area contributed by atoms with Crippen molar-refractivity contribution in [2.24, 2.45) is 0 Å². The molecule has 0 aliphatic rings. The number of nitrogens with zero attached hydrogens (tertiary/aromatic N) is 5. The number of hydrogen-bond acceptors (Lipinski definition) is 6. The lowest BCUT2D eigenvalue weighted by Gasteiger charge is -2.08. The average Bonchev–Trinajstić information content (AvgIpc) is 3.09. The molecule has 0 saturated heterocycles. The molecule has 132 valence electrons. The van der Waals surface area contributed by atoms with Crippen LogP contribution in [0.15, 0.2) is 42.5 Å². The Morgan fingerprint density at radius 2 is 2.00 bits per heavy atom. The van der Waals surface area contributed by atoms with Gasteiger partial charge in [0.05, 0.1) is 17.2 Å². The number of nitro groups is 1. The molecule has 9 nitrogen and oxygen atoms in total. The number of tetrazole rings is 1. The van der Waals surface area contributed by atoms with Gasteiger partial charge < -0.3 is 5.32 Å². The molecule has 0 aliphatic carbocycles. The summed E-state index contributed by atoms with van der Waals surface area (Å²) in [6, 6.07) is 11.2. The van der Waals surface area contributed by atoms with Gasteiger partial charge in [-0.1, -0.05) is 17.7 Å². The summed E-state index contributed by atoms with van der Waals surface area (Å²) in [5, 5.41) is 25.7. The summed E-state index contributed by atoms with van der Waals surface area (Å²) in [4.78, 5) is 22.9. The maximum Gasteiger partial charge on any atom is 0.273 e. The molecule has 0 spiro atoms. The Labute approximate surface area is 152 Å². The highest BCUT2D eigenvalue weighted by Gasteiger charge is 2.18. The lowest BCUT2D eigenvalue weighted by atomic mass is 10.1. The van der Waals surface area contributed by atoms with Gasteiger partial charge in [-0.3, -0.25) is 14.9 Å². The highest BCUT2D eigenvalue weighted by molar-refractivity contribution is 6.30. The summed E-state index contributed by atoms with van der Waals surface area (Å²) in [7, 11) is 0. The van der Waals surface area contributed by atoms with Crippen molar-refractivity contribution in [2.45, 2.75) is 13.5 Å². The summed E-state index contributed by atoms with van der Waals surface area (Å²) in [6.45, 7) is 1.58. The first-order valence-electron chi connectivity index (χ1n) is 7.53. The minimum atomic E-state index is -0.521. The van der Waals surface area contributed by atoms with Crippen molar-refractivity contribution in [3.63, 3.8) is 0 Å². The van der Waals surface area contributed by atoms with E-state index in [1.807, 2.05) is 0 Å². The van der Waals surface area contributed by atoms with Gasteiger partial charge in [0, 0.05) is 22.2 Å². The zero-order valence-corrected chi connectivity index (χ0v) is 14.3. The number of nitrogens with one attached hydrogen (secondary N) is 1. The second-order valence-corrected chi connectivity index (χ2v) is 5.81. The summed E-state index contributed by atoms with van der Waals surface area (Å²) in [5.41, 5.74) is 1.11. The van der Waals surface area contributed by atoms with E-state index in [2.05, 4.69) is 20.8 Å². The molecule has 1 heterocycles. The minimum Gasteiger partial charge on any atom is -0.345 e. The van der Waals surface area contributed by atoms with Gasteiger partial charge in [-0.2, -0.15) is 4.68 Å². The molecule has 2 aromatic carbocycles. The molecule has 1 aromatic heterocycles. The van der Waals surface area contributed by atoms with Crippen LogP contribution in [0.3, 0.4) is 0 Å². The third-order valence-electron chi connectivity index (χ3n) is 3.76. The van der Waals surface area contributed by atoms with E-state index in [-0.39, 0.29) is 17.8 Å². The Bertz CT molecular complexity index is 970. The Hall–Kier alpha value is -3.33. The number of rotatable bonds is 5. The smallest absolute Gasteiger partial charge is 0.273 e. The fraction of sp³-hybridized carbons (Fsp3) is 0.125. The average molecular weight is 373 g/mol. The maximum absolute atomic E-state index is 12.4. The monoisotopic (exact) mass is 372 g/mol. The van der Waals surface area contributed by atoms with Gasteiger partial charge in [-0.05, 0) is 47.7 Å². The second-order valence-electron chi connectivity index (χ2n) is 5.37. The van der Waals surface area contributed by atoms with Gasteiger partial charge in [0.25, 0.3) is 11.6 Å². The van der Waals surface area contributed by atoms with Crippen LogP contribution < -0.4 is 5.32 Å². The fourth-order valence-corrected chi connectivity index (χ4v) is 2.55.